The lowest BCUT2D eigenvalue weighted by atomic mass is 9.96. The van der Waals surface area contributed by atoms with Gasteiger partial charge in [-0.3, -0.25) is 0 Å². The molecule has 0 saturated carbocycles. The van der Waals surface area contributed by atoms with E-state index in [1.165, 1.54) is 12.1 Å². The Kier molecular flexibility index (Phi) is 3.90. The van der Waals surface area contributed by atoms with E-state index >= 15 is 0 Å². The average Bonchev–Trinajstić information content (AvgIpc) is 2.22. The molecular formula is C12H16O4. The van der Waals surface area contributed by atoms with Crippen LogP contribution in [0.2, 0.25) is 0 Å². The first kappa shape index (κ1) is 12.5. The van der Waals surface area contributed by atoms with E-state index in [-0.39, 0.29) is 12.2 Å². The van der Waals surface area contributed by atoms with E-state index in [2.05, 4.69) is 0 Å². The monoisotopic (exact) mass is 224 g/mol. The van der Waals surface area contributed by atoms with Gasteiger partial charge in [-0.05, 0) is 31.5 Å². The Bertz CT molecular complexity index is 358. The van der Waals surface area contributed by atoms with E-state index in [1.54, 1.807) is 26.0 Å². The van der Waals surface area contributed by atoms with Gasteiger partial charge in [0.05, 0.1) is 0 Å². The molecule has 88 valence electrons. The lowest BCUT2D eigenvalue weighted by Crippen LogP contribution is -2.40. The molecule has 0 aliphatic rings. The van der Waals surface area contributed by atoms with Crippen LogP contribution in [0.15, 0.2) is 24.3 Å². The summed E-state index contributed by atoms with van der Waals surface area (Å²) in [6, 6.07) is 6.44. The molecule has 1 rings (SSSR count). The second kappa shape index (κ2) is 4.99. The van der Waals surface area contributed by atoms with Gasteiger partial charge >= 0.3 is 5.97 Å². The maximum absolute atomic E-state index is 11.1. The highest BCUT2D eigenvalue weighted by Crippen LogP contribution is 2.20. The number of aliphatic carboxylic acids is 1. The Morgan fingerprint density at radius 1 is 1.38 bits per heavy atom. The van der Waals surface area contributed by atoms with Gasteiger partial charge in [0, 0.05) is 13.0 Å². The minimum absolute atomic E-state index is 0.164. The summed E-state index contributed by atoms with van der Waals surface area (Å²) in [6.07, 6.45) is 0.274. The van der Waals surface area contributed by atoms with Crippen molar-refractivity contribution in [1.29, 1.82) is 0 Å². The van der Waals surface area contributed by atoms with Crippen molar-refractivity contribution in [3.63, 3.8) is 0 Å². The first-order chi connectivity index (χ1) is 7.48. The first-order valence-corrected chi connectivity index (χ1v) is 5.13. The number of phenols is 1. The van der Waals surface area contributed by atoms with Crippen LogP contribution < -0.4 is 0 Å². The van der Waals surface area contributed by atoms with Gasteiger partial charge < -0.3 is 14.9 Å². The van der Waals surface area contributed by atoms with Crippen LogP contribution >= 0.6 is 0 Å². The summed E-state index contributed by atoms with van der Waals surface area (Å²) >= 11 is 0. The molecule has 0 saturated heterocycles. The zero-order chi connectivity index (χ0) is 12.2. The van der Waals surface area contributed by atoms with E-state index in [0.717, 1.165) is 5.56 Å². The van der Waals surface area contributed by atoms with Gasteiger partial charge in [0.25, 0.3) is 0 Å². The molecular weight excluding hydrogens is 208 g/mol. The van der Waals surface area contributed by atoms with Gasteiger partial charge in [-0.1, -0.05) is 12.1 Å². The number of rotatable bonds is 5. The Balaban J connectivity index is 2.83. The standard InChI is InChI=1S/C12H16O4/c1-3-16-12(2,11(14)15)8-9-4-6-10(13)7-5-9/h4-7,13H,3,8H2,1-2H3,(H,14,15). The van der Waals surface area contributed by atoms with Crippen molar-refractivity contribution in [3.05, 3.63) is 29.8 Å². The topological polar surface area (TPSA) is 66.8 Å². The number of aromatic hydroxyl groups is 1. The average molecular weight is 224 g/mol. The van der Waals surface area contributed by atoms with Crippen molar-refractivity contribution in [2.24, 2.45) is 0 Å². The van der Waals surface area contributed by atoms with Gasteiger partial charge in [-0.25, -0.2) is 4.79 Å². The van der Waals surface area contributed by atoms with Gasteiger partial charge in [0.1, 0.15) is 5.75 Å². The molecule has 1 unspecified atom stereocenters. The summed E-state index contributed by atoms with van der Waals surface area (Å²) in [5.74, 6) is -0.820. The SMILES string of the molecule is CCOC(C)(Cc1ccc(O)cc1)C(=O)O. The number of hydrogen-bond acceptors (Lipinski definition) is 3. The van der Waals surface area contributed by atoms with Crippen LogP contribution in [0.1, 0.15) is 19.4 Å². The lowest BCUT2D eigenvalue weighted by Gasteiger charge is -2.24. The third kappa shape index (κ3) is 2.97. The number of hydrogen-bond donors (Lipinski definition) is 2. The molecule has 1 atom stereocenters. The van der Waals surface area contributed by atoms with Gasteiger partial charge in [0.2, 0.25) is 0 Å². The Morgan fingerprint density at radius 2 is 1.94 bits per heavy atom. The smallest absolute Gasteiger partial charge is 0.336 e. The summed E-state index contributed by atoms with van der Waals surface area (Å²) in [5.41, 5.74) is -0.401. The normalized spacial score (nSPS) is 14.4. The number of ether oxygens (including phenoxy) is 1. The van der Waals surface area contributed by atoms with Gasteiger partial charge in [-0.15, -0.1) is 0 Å². The lowest BCUT2D eigenvalue weighted by molar-refractivity contribution is -0.162. The molecule has 2 N–H and O–H groups in total. The summed E-state index contributed by atoms with van der Waals surface area (Å²) in [5, 5.41) is 18.2. The molecule has 0 fully saturated rings. The third-order valence-corrected chi connectivity index (χ3v) is 2.39. The summed E-state index contributed by atoms with van der Waals surface area (Å²) in [7, 11) is 0. The molecule has 1 aromatic carbocycles. The van der Waals surface area contributed by atoms with Crippen molar-refractivity contribution in [2.45, 2.75) is 25.9 Å². The molecule has 16 heavy (non-hydrogen) atoms. The molecule has 0 aliphatic heterocycles. The van der Waals surface area contributed by atoms with E-state index in [9.17, 15) is 4.79 Å². The fourth-order valence-electron chi connectivity index (χ4n) is 1.51. The molecule has 4 nitrogen and oxygen atoms in total. The molecule has 4 heteroatoms. The molecule has 0 heterocycles. The first-order valence-electron chi connectivity index (χ1n) is 5.13. The minimum atomic E-state index is -1.22. The molecule has 0 spiro atoms. The summed E-state index contributed by atoms with van der Waals surface area (Å²) in [6.45, 7) is 3.66. The highest BCUT2D eigenvalue weighted by molar-refractivity contribution is 5.77. The highest BCUT2D eigenvalue weighted by Gasteiger charge is 2.33. The highest BCUT2D eigenvalue weighted by atomic mass is 16.5. The van der Waals surface area contributed by atoms with Crippen molar-refractivity contribution in [1.82, 2.24) is 0 Å². The maximum Gasteiger partial charge on any atom is 0.336 e. The summed E-state index contributed by atoms with van der Waals surface area (Å²) in [4.78, 5) is 11.1. The molecule has 0 aromatic heterocycles. The number of phenolic OH excluding ortho intramolecular Hbond substituents is 1. The number of benzene rings is 1. The van der Waals surface area contributed by atoms with Crippen molar-refractivity contribution in [2.75, 3.05) is 6.61 Å². The van der Waals surface area contributed by atoms with Crippen LogP contribution in [0.4, 0.5) is 0 Å². The number of carboxylic acid groups (broad SMARTS) is 1. The van der Waals surface area contributed by atoms with Crippen LogP contribution in [0.5, 0.6) is 5.75 Å². The van der Waals surface area contributed by atoms with Crippen LogP contribution in [0, 0.1) is 0 Å². The van der Waals surface area contributed by atoms with Crippen molar-refractivity contribution in [3.8, 4) is 5.75 Å². The van der Waals surface area contributed by atoms with Crippen LogP contribution in [-0.4, -0.2) is 28.4 Å². The van der Waals surface area contributed by atoms with Crippen molar-refractivity contribution < 1.29 is 19.7 Å². The van der Waals surface area contributed by atoms with E-state index < -0.39 is 11.6 Å². The molecule has 1 aromatic rings. The van der Waals surface area contributed by atoms with E-state index in [4.69, 9.17) is 14.9 Å². The van der Waals surface area contributed by atoms with Crippen LogP contribution in [0.25, 0.3) is 0 Å². The van der Waals surface area contributed by atoms with Crippen LogP contribution in [0.3, 0.4) is 0 Å². The van der Waals surface area contributed by atoms with Crippen molar-refractivity contribution >= 4 is 5.97 Å². The zero-order valence-electron chi connectivity index (χ0n) is 9.43. The van der Waals surface area contributed by atoms with Gasteiger partial charge in [-0.2, -0.15) is 0 Å². The maximum atomic E-state index is 11.1. The fourth-order valence-corrected chi connectivity index (χ4v) is 1.51. The number of carboxylic acids is 1. The zero-order valence-corrected chi connectivity index (χ0v) is 9.43. The van der Waals surface area contributed by atoms with Crippen LogP contribution in [-0.2, 0) is 16.0 Å². The van der Waals surface area contributed by atoms with E-state index in [0.29, 0.717) is 6.61 Å². The second-order valence-electron chi connectivity index (χ2n) is 3.81. The third-order valence-electron chi connectivity index (χ3n) is 2.39. The predicted octanol–water partition coefficient (Wildman–Crippen LogP) is 1.81. The quantitative estimate of drug-likeness (QED) is 0.800. The fraction of sp³-hybridized carbons (Fsp3) is 0.417. The summed E-state index contributed by atoms with van der Waals surface area (Å²) < 4.78 is 5.26. The van der Waals surface area contributed by atoms with Gasteiger partial charge in [0.15, 0.2) is 5.60 Å². The minimum Gasteiger partial charge on any atom is -0.508 e. The Morgan fingerprint density at radius 3 is 2.38 bits per heavy atom. The predicted molar refractivity (Wildman–Crippen MR) is 59.5 cm³/mol. The molecule has 0 aliphatic carbocycles. The molecule has 0 bridgehead atoms. The molecule has 0 amide bonds. The largest absolute Gasteiger partial charge is 0.508 e. The Hall–Kier alpha value is -1.55. The van der Waals surface area contributed by atoms with E-state index in [1.807, 2.05) is 0 Å². The second-order valence-corrected chi connectivity index (χ2v) is 3.81. The molecule has 0 radical (unpaired) electrons. The Labute approximate surface area is 94.5 Å². The number of carbonyl (C=O) groups is 1.